The molecule has 0 radical (unpaired) electrons. The van der Waals surface area contributed by atoms with Crippen LogP contribution in [0, 0.1) is 11.8 Å². The van der Waals surface area contributed by atoms with Gasteiger partial charge < -0.3 is 5.73 Å². The molecule has 2 unspecified atom stereocenters. The zero-order valence-corrected chi connectivity index (χ0v) is 10.9. The van der Waals surface area contributed by atoms with Crippen molar-refractivity contribution in [3.8, 4) is 0 Å². The lowest BCUT2D eigenvalue weighted by atomic mass is 9.72. The molecule has 15 heavy (non-hydrogen) atoms. The molecule has 2 nitrogen and oxygen atoms in total. The summed E-state index contributed by atoms with van der Waals surface area (Å²) < 4.78 is 0. The first kappa shape index (κ1) is 13.0. The van der Waals surface area contributed by atoms with Gasteiger partial charge >= 0.3 is 0 Å². The molecule has 0 aromatic carbocycles. The van der Waals surface area contributed by atoms with Gasteiger partial charge in [0.05, 0.1) is 0 Å². The van der Waals surface area contributed by atoms with Crippen molar-refractivity contribution < 1.29 is 0 Å². The molecule has 1 aliphatic rings. The predicted octanol–water partition coefficient (Wildman–Crippen LogP) is 2.48. The van der Waals surface area contributed by atoms with E-state index in [0.717, 1.165) is 18.4 Å². The van der Waals surface area contributed by atoms with Gasteiger partial charge in [-0.05, 0) is 31.7 Å². The van der Waals surface area contributed by atoms with E-state index in [1.54, 1.807) is 0 Å². The van der Waals surface area contributed by atoms with E-state index in [0.29, 0.717) is 0 Å². The topological polar surface area (TPSA) is 29.3 Å². The second kappa shape index (κ2) is 5.31. The highest BCUT2D eigenvalue weighted by Gasteiger charge is 2.40. The molecule has 2 N–H and O–H groups in total. The fourth-order valence-electron chi connectivity index (χ4n) is 3.15. The Morgan fingerprint density at radius 3 is 2.53 bits per heavy atom. The van der Waals surface area contributed by atoms with Gasteiger partial charge in [-0.25, -0.2) is 0 Å². The first-order chi connectivity index (χ1) is 7.03. The summed E-state index contributed by atoms with van der Waals surface area (Å²) in [7, 11) is 2.26. The third-order valence-corrected chi connectivity index (χ3v) is 4.17. The highest BCUT2D eigenvalue weighted by molar-refractivity contribution is 4.97. The van der Waals surface area contributed by atoms with Crippen LogP contribution in [0.2, 0.25) is 0 Å². The van der Waals surface area contributed by atoms with Gasteiger partial charge in [-0.15, -0.1) is 0 Å². The summed E-state index contributed by atoms with van der Waals surface area (Å²) in [5, 5.41) is 0. The van der Waals surface area contributed by atoms with E-state index in [1.807, 2.05) is 0 Å². The van der Waals surface area contributed by atoms with Gasteiger partial charge in [0.2, 0.25) is 0 Å². The largest absolute Gasteiger partial charge is 0.329 e. The Balaban J connectivity index is 2.72. The van der Waals surface area contributed by atoms with E-state index in [9.17, 15) is 0 Å². The smallest absolute Gasteiger partial charge is 0.0354 e. The minimum absolute atomic E-state index is 0.280. The molecule has 1 fully saturated rings. The molecule has 0 aliphatic heterocycles. The summed E-state index contributed by atoms with van der Waals surface area (Å²) in [6, 6.07) is 0. The molecule has 2 heteroatoms. The molecule has 1 rings (SSSR count). The summed E-state index contributed by atoms with van der Waals surface area (Å²) in [4.78, 5) is 2.53. The van der Waals surface area contributed by atoms with Crippen molar-refractivity contribution in [1.29, 1.82) is 0 Å². The highest BCUT2D eigenvalue weighted by Crippen LogP contribution is 2.37. The van der Waals surface area contributed by atoms with Crippen molar-refractivity contribution in [1.82, 2.24) is 4.90 Å². The van der Waals surface area contributed by atoms with E-state index in [2.05, 4.69) is 32.7 Å². The number of likely N-dealkylation sites (N-methyl/N-ethyl adjacent to an activating group) is 1. The number of nitrogens with two attached hydrogens (primary N) is 1. The van der Waals surface area contributed by atoms with Crippen molar-refractivity contribution in [2.45, 2.75) is 52.0 Å². The van der Waals surface area contributed by atoms with E-state index in [1.165, 1.54) is 32.2 Å². The summed E-state index contributed by atoms with van der Waals surface area (Å²) in [6.07, 6.45) is 5.37. The summed E-state index contributed by atoms with van der Waals surface area (Å²) in [6.45, 7) is 8.93. The Kier molecular flexibility index (Phi) is 4.60. The lowest BCUT2D eigenvalue weighted by molar-refractivity contribution is 0.0260. The average Bonchev–Trinajstić information content (AvgIpc) is 2.17. The maximum absolute atomic E-state index is 6.06. The molecule has 0 saturated heterocycles. The van der Waals surface area contributed by atoms with E-state index < -0.39 is 0 Å². The van der Waals surface area contributed by atoms with Crippen LogP contribution in [0.4, 0.5) is 0 Å². The van der Waals surface area contributed by atoms with Crippen LogP contribution in [0.5, 0.6) is 0 Å². The predicted molar refractivity (Wildman–Crippen MR) is 66.9 cm³/mol. The quantitative estimate of drug-likeness (QED) is 0.776. The van der Waals surface area contributed by atoms with Crippen LogP contribution in [-0.4, -0.2) is 30.6 Å². The Labute approximate surface area is 95.2 Å². The van der Waals surface area contributed by atoms with Crippen LogP contribution < -0.4 is 5.73 Å². The molecule has 90 valence electrons. The number of nitrogens with zero attached hydrogens (tertiary/aromatic N) is 1. The zero-order chi connectivity index (χ0) is 11.5. The van der Waals surface area contributed by atoms with E-state index in [-0.39, 0.29) is 5.54 Å². The first-order valence-electron chi connectivity index (χ1n) is 6.44. The Morgan fingerprint density at radius 1 is 1.40 bits per heavy atom. The number of hydrogen-bond donors (Lipinski definition) is 1. The van der Waals surface area contributed by atoms with Crippen LogP contribution in [0.3, 0.4) is 0 Å². The Hall–Kier alpha value is -0.0800. The lowest BCUT2D eigenvalue weighted by Crippen LogP contribution is -2.58. The average molecular weight is 212 g/mol. The van der Waals surface area contributed by atoms with Gasteiger partial charge in [-0.1, -0.05) is 33.6 Å². The summed E-state index contributed by atoms with van der Waals surface area (Å²) in [5.74, 6) is 1.48. The fraction of sp³-hybridized carbons (Fsp3) is 1.00. The van der Waals surface area contributed by atoms with Gasteiger partial charge in [0.25, 0.3) is 0 Å². The molecular formula is C13H28N2. The van der Waals surface area contributed by atoms with Crippen molar-refractivity contribution in [3.63, 3.8) is 0 Å². The molecule has 1 saturated carbocycles. The normalized spacial score (nSPS) is 32.6. The van der Waals surface area contributed by atoms with E-state index in [4.69, 9.17) is 5.73 Å². The summed E-state index contributed by atoms with van der Waals surface area (Å²) in [5.41, 5.74) is 6.34. The second-order valence-corrected chi connectivity index (χ2v) is 5.73. The third-order valence-electron chi connectivity index (χ3n) is 4.17. The number of hydrogen-bond acceptors (Lipinski definition) is 2. The van der Waals surface area contributed by atoms with Crippen LogP contribution in [-0.2, 0) is 0 Å². The molecule has 0 aromatic heterocycles. The number of rotatable bonds is 4. The molecule has 0 spiro atoms. The van der Waals surface area contributed by atoms with Crippen LogP contribution in [0.25, 0.3) is 0 Å². The van der Waals surface area contributed by atoms with E-state index >= 15 is 0 Å². The maximum atomic E-state index is 6.06. The highest BCUT2D eigenvalue weighted by atomic mass is 15.2. The van der Waals surface area contributed by atoms with Crippen molar-refractivity contribution in [2.75, 3.05) is 20.1 Å². The van der Waals surface area contributed by atoms with Gasteiger partial charge in [0.15, 0.2) is 0 Å². The monoisotopic (exact) mass is 212 g/mol. The molecular weight excluding hydrogens is 184 g/mol. The lowest BCUT2D eigenvalue weighted by Gasteiger charge is -2.49. The molecule has 2 atom stereocenters. The molecule has 0 bridgehead atoms. The van der Waals surface area contributed by atoms with Crippen LogP contribution in [0.1, 0.15) is 46.5 Å². The molecule has 0 aromatic rings. The maximum Gasteiger partial charge on any atom is 0.0354 e. The molecule has 1 aliphatic carbocycles. The van der Waals surface area contributed by atoms with Gasteiger partial charge in [-0.2, -0.15) is 0 Å². The Bertz CT molecular complexity index is 191. The standard InChI is InChI=1S/C13H28N2/c1-11(2)9-15(4)13(10-14)8-6-5-7-12(13)3/h11-12H,5-10,14H2,1-4H3. The van der Waals surface area contributed by atoms with Crippen molar-refractivity contribution >= 4 is 0 Å². The first-order valence-corrected chi connectivity index (χ1v) is 6.44. The van der Waals surface area contributed by atoms with Gasteiger partial charge in [0, 0.05) is 18.6 Å². The minimum Gasteiger partial charge on any atom is -0.329 e. The van der Waals surface area contributed by atoms with Crippen LogP contribution >= 0.6 is 0 Å². The SMILES string of the molecule is CC(C)CN(C)C1(CN)CCCCC1C. The third kappa shape index (κ3) is 2.73. The fourth-order valence-corrected chi connectivity index (χ4v) is 3.15. The molecule has 0 amide bonds. The zero-order valence-electron chi connectivity index (χ0n) is 10.9. The van der Waals surface area contributed by atoms with Crippen molar-refractivity contribution in [2.24, 2.45) is 17.6 Å². The minimum atomic E-state index is 0.280. The van der Waals surface area contributed by atoms with Gasteiger partial charge in [0.1, 0.15) is 0 Å². The van der Waals surface area contributed by atoms with Crippen molar-refractivity contribution in [3.05, 3.63) is 0 Å². The second-order valence-electron chi connectivity index (χ2n) is 5.73. The molecule has 0 heterocycles. The van der Waals surface area contributed by atoms with Crippen LogP contribution in [0.15, 0.2) is 0 Å². The van der Waals surface area contributed by atoms with Gasteiger partial charge in [-0.3, -0.25) is 4.90 Å². The summed E-state index contributed by atoms with van der Waals surface area (Å²) >= 11 is 0. The Morgan fingerprint density at radius 2 is 2.07 bits per heavy atom.